The highest BCUT2D eigenvalue weighted by Crippen LogP contribution is 2.31. The van der Waals surface area contributed by atoms with Crippen molar-refractivity contribution in [3.05, 3.63) is 24.0 Å². The SMILES string of the molecule is CCC1CCC(Nc2cc(OC)ccc2F)C1. The molecule has 2 atom stereocenters. The van der Waals surface area contributed by atoms with E-state index < -0.39 is 0 Å². The standard InChI is InChI=1S/C14H20FNO/c1-3-10-4-5-11(8-10)16-14-9-12(17-2)6-7-13(14)15/h6-7,9-11,16H,3-5,8H2,1-2H3. The summed E-state index contributed by atoms with van der Waals surface area (Å²) in [6.45, 7) is 2.22. The van der Waals surface area contributed by atoms with Gasteiger partial charge in [-0.1, -0.05) is 13.3 Å². The molecule has 1 fully saturated rings. The van der Waals surface area contributed by atoms with Gasteiger partial charge in [0.1, 0.15) is 11.6 Å². The van der Waals surface area contributed by atoms with Crippen LogP contribution in [0.3, 0.4) is 0 Å². The molecule has 94 valence electrons. The summed E-state index contributed by atoms with van der Waals surface area (Å²) in [5.41, 5.74) is 0.561. The van der Waals surface area contributed by atoms with Crippen LogP contribution in [0, 0.1) is 11.7 Å². The van der Waals surface area contributed by atoms with Gasteiger partial charge in [0.25, 0.3) is 0 Å². The first kappa shape index (κ1) is 12.2. The third-order valence-electron chi connectivity index (χ3n) is 3.65. The molecular formula is C14H20FNO. The minimum atomic E-state index is -0.203. The maximum absolute atomic E-state index is 13.6. The lowest BCUT2D eigenvalue weighted by molar-refractivity contribution is 0.414. The van der Waals surface area contributed by atoms with Gasteiger partial charge in [-0.3, -0.25) is 0 Å². The third-order valence-corrected chi connectivity index (χ3v) is 3.65. The van der Waals surface area contributed by atoms with E-state index >= 15 is 0 Å². The highest BCUT2D eigenvalue weighted by molar-refractivity contribution is 5.50. The van der Waals surface area contributed by atoms with Crippen LogP contribution in [0.1, 0.15) is 32.6 Å². The molecule has 17 heavy (non-hydrogen) atoms. The Morgan fingerprint density at radius 1 is 1.41 bits per heavy atom. The Balaban J connectivity index is 2.03. The van der Waals surface area contributed by atoms with Crippen molar-refractivity contribution in [2.45, 2.75) is 38.6 Å². The zero-order chi connectivity index (χ0) is 12.3. The van der Waals surface area contributed by atoms with Crippen molar-refractivity contribution in [3.8, 4) is 5.75 Å². The summed E-state index contributed by atoms with van der Waals surface area (Å²) in [6, 6.07) is 5.23. The first-order valence-corrected chi connectivity index (χ1v) is 6.33. The molecule has 1 aliphatic rings. The van der Waals surface area contributed by atoms with E-state index in [0.717, 1.165) is 18.8 Å². The van der Waals surface area contributed by atoms with Crippen molar-refractivity contribution < 1.29 is 9.13 Å². The maximum atomic E-state index is 13.6. The summed E-state index contributed by atoms with van der Waals surface area (Å²) < 4.78 is 18.7. The van der Waals surface area contributed by atoms with E-state index in [9.17, 15) is 4.39 Å². The molecule has 0 amide bonds. The van der Waals surface area contributed by atoms with Gasteiger partial charge in [0.05, 0.1) is 12.8 Å². The van der Waals surface area contributed by atoms with Crippen LogP contribution >= 0.6 is 0 Å². The normalized spacial score (nSPS) is 23.7. The lowest BCUT2D eigenvalue weighted by atomic mass is 10.1. The minimum Gasteiger partial charge on any atom is -0.497 e. The van der Waals surface area contributed by atoms with Gasteiger partial charge < -0.3 is 10.1 Å². The van der Waals surface area contributed by atoms with Crippen molar-refractivity contribution >= 4 is 5.69 Å². The highest BCUT2D eigenvalue weighted by atomic mass is 19.1. The van der Waals surface area contributed by atoms with E-state index in [1.54, 1.807) is 19.2 Å². The van der Waals surface area contributed by atoms with Gasteiger partial charge in [0, 0.05) is 12.1 Å². The van der Waals surface area contributed by atoms with Crippen LogP contribution in [0.4, 0.5) is 10.1 Å². The predicted molar refractivity (Wildman–Crippen MR) is 68.0 cm³/mol. The van der Waals surface area contributed by atoms with Crippen LogP contribution in [0.5, 0.6) is 5.75 Å². The van der Waals surface area contributed by atoms with Crippen LogP contribution in [-0.2, 0) is 0 Å². The molecule has 2 rings (SSSR count). The number of rotatable bonds is 4. The Labute approximate surface area is 102 Å². The summed E-state index contributed by atoms with van der Waals surface area (Å²) in [5, 5.41) is 3.29. The van der Waals surface area contributed by atoms with Crippen LogP contribution in [0.15, 0.2) is 18.2 Å². The Bertz CT molecular complexity index is 380. The topological polar surface area (TPSA) is 21.3 Å². The van der Waals surface area contributed by atoms with Crippen molar-refractivity contribution in [2.24, 2.45) is 5.92 Å². The molecule has 0 heterocycles. The van der Waals surface area contributed by atoms with Crippen LogP contribution in [0.25, 0.3) is 0 Å². The Hall–Kier alpha value is -1.25. The first-order chi connectivity index (χ1) is 8.22. The van der Waals surface area contributed by atoms with E-state index in [1.807, 2.05) is 0 Å². The fourth-order valence-electron chi connectivity index (χ4n) is 2.54. The molecule has 0 spiro atoms. The minimum absolute atomic E-state index is 0.203. The molecule has 1 aliphatic carbocycles. The second-order valence-corrected chi connectivity index (χ2v) is 4.77. The summed E-state index contributed by atoms with van der Waals surface area (Å²) in [5.74, 6) is 1.28. The molecule has 1 aromatic rings. The fourth-order valence-corrected chi connectivity index (χ4v) is 2.54. The largest absolute Gasteiger partial charge is 0.497 e. The molecule has 0 saturated heterocycles. The monoisotopic (exact) mass is 237 g/mol. The summed E-state index contributed by atoms with van der Waals surface area (Å²) in [4.78, 5) is 0. The van der Waals surface area contributed by atoms with E-state index in [2.05, 4.69) is 12.2 Å². The lowest BCUT2D eigenvalue weighted by Gasteiger charge is -2.15. The highest BCUT2D eigenvalue weighted by Gasteiger charge is 2.23. The molecule has 0 radical (unpaired) electrons. The van der Waals surface area contributed by atoms with Gasteiger partial charge in [0.2, 0.25) is 0 Å². The molecule has 1 aromatic carbocycles. The van der Waals surface area contributed by atoms with Crippen LogP contribution in [0.2, 0.25) is 0 Å². The van der Waals surface area contributed by atoms with Gasteiger partial charge in [0.15, 0.2) is 0 Å². The number of hydrogen-bond donors (Lipinski definition) is 1. The van der Waals surface area contributed by atoms with Gasteiger partial charge in [-0.05, 0) is 37.3 Å². The molecule has 3 heteroatoms. The van der Waals surface area contributed by atoms with E-state index in [1.165, 1.54) is 18.9 Å². The lowest BCUT2D eigenvalue weighted by Crippen LogP contribution is -2.16. The van der Waals surface area contributed by atoms with Crippen molar-refractivity contribution in [1.29, 1.82) is 0 Å². The van der Waals surface area contributed by atoms with Crippen LogP contribution in [-0.4, -0.2) is 13.2 Å². The zero-order valence-corrected chi connectivity index (χ0v) is 10.5. The molecule has 1 N–H and O–H groups in total. The predicted octanol–water partition coefficient (Wildman–Crippen LogP) is 3.82. The molecule has 2 unspecified atom stereocenters. The maximum Gasteiger partial charge on any atom is 0.146 e. The average Bonchev–Trinajstić information content (AvgIpc) is 2.80. The van der Waals surface area contributed by atoms with E-state index in [-0.39, 0.29) is 5.82 Å². The molecule has 0 aliphatic heterocycles. The molecular weight excluding hydrogens is 217 g/mol. The van der Waals surface area contributed by atoms with Gasteiger partial charge >= 0.3 is 0 Å². The summed E-state index contributed by atoms with van der Waals surface area (Å²) >= 11 is 0. The second kappa shape index (κ2) is 5.39. The Morgan fingerprint density at radius 3 is 2.88 bits per heavy atom. The Morgan fingerprint density at radius 2 is 2.24 bits per heavy atom. The molecule has 0 aromatic heterocycles. The summed E-state index contributed by atoms with van der Waals surface area (Å²) in [6.07, 6.45) is 4.75. The van der Waals surface area contributed by atoms with Crippen LogP contribution < -0.4 is 10.1 Å². The Kier molecular flexibility index (Phi) is 3.87. The average molecular weight is 237 g/mol. The number of halogens is 1. The molecule has 2 nitrogen and oxygen atoms in total. The number of nitrogens with one attached hydrogen (secondary N) is 1. The smallest absolute Gasteiger partial charge is 0.146 e. The van der Waals surface area contributed by atoms with Gasteiger partial charge in [-0.15, -0.1) is 0 Å². The van der Waals surface area contributed by atoms with Gasteiger partial charge in [-0.25, -0.2) is 4.39 Å². The fraction of sp³-hybridized carbons (Fsp3) is 0.571. The number of benzene rings is 1. The quantitative estimate of drug-likeness (QED) is 0.859. The van der Waals surface area contributed by atoms with Gasteiger partial charge in [-0.2, -0.15) is 0 Å². The zero-order valence-electron chi connectivity index (χ0n) is 10.5. The number of anilines is 1. The van der Waals surface area contributed by atoms with E-state index in [4.69, 9.17) is 4.74 Å². The first-order valence-electron chi connectivity index (χ1n) is 6.33. The molecule has 0 bridgehead atoms. The van der Waals surface area contributed by atoms with Crippen molar-refractivity contribution in [2.75, 3.05) is 12.4 Å². The number of hydrogen-bond acceptors (Lipinski definition) is 2. The molecule has 1 saturated carbocycles. The summed E-state index contributed by atoms with van der Waals surface area (Å²) in [7, 11) is 1.60. The second-order valence-electron chi connectivity index (χ2n) is 4.77. The van der Waals surface area contributed by atoms with Crippen molar-refractivity contribution in [1.82, 2.24) is 0 Å². The third kappa shape index (κ3) is 2.90. The number of ether oxygens (including phenoxy) is 1. The van der Waals surface area contributed by atoms with Crippen molar-refractivity contribution in [3.63, 3.8) is 0 Å². The number of methoxy groups -OCH3 is 1. The van der Waals surface area contributed by atoms with E-state index in [0.29, 0.717) is 17.5 Å².